The number of amides is 1. The first-order valence-electron chi connectivity index (χ1n) is 5.55. The number of ether oxygens (including phenoxy) is 1. The molecule has 0 aliphatic carbocycles. The van der Waals surface area contributed by atoms with Gasteiger partial charge in [-0.1, -0.05) is 6.08 Å². The molecule has 18 heavy (non-hydrogen) atoms. The molecule has 1 atom stereocenters. The number of dihydropyridines is 1. The zero-order valence-corrected chi connectivity index (χ0v) is 10.0. The molecule has 1 unspecified atom stereocenters. The molecule has 0 radical (unpaired) electrons. The van der Waals surface area contributed by atoms with Crippen molar-refractivity contribution in [3.63, 3.8) is 0 Å². The summed E-state index contributed by atoms with van der Waals surface area (Å²) < 4.78 is 5.73. The van der Waals surface area contributed by atoms with Crippen molar-refractivity contribution in [1.82, 2.24) is 10.6 Å². The van der Waals surface area contributed by atoms with Crippen LogP contribution in [0.3, 0.4) is 0 Å². The molecule has 4 N–H and O–H groups in total. The maximum atomic E-state index is 12.0. The third-order valence-corrected chi connectivity index (χ3v) is 2.56. The van der Waals surface area contributed by atoms with Crippen LogP contribution in [0.15, 0.2) is 48.7 Å². The Hall–Kier alpha value is -2.43. The lowest BCUT2D eigenvalue weighted by Crippen LogP contribution is -2.58. The molecule has 0 saturated carbocycles. The van der Waals surface area contributed by atoms with Gasteiger partial charge >= 0.3 is 0 Å². The second-order valence-electron chi connectivity index (χ2n) is 3.85. The number of hydrogen-bond donors (Lipinski definition) is 3. The Bertz CT molecular complexity index is 493. The summed E-state index contributed by atoms with van der Waals surface area (Å²) in [6.45, 7) is 0. The number of anilines is 1. The highest BCUT2D eigenvalue weighted by molar-refractivity contribution is 5.87. The Kier molecular flexibility index (Phi) is 3.23. The van der Waals surface area contributed by atoms with E-state index in [-0.39, 0.29) is 5.91 Å². The van der Waals surface area contributed by atoms with E-state index in [1.807, 2.05) is 0 Å². The standard InChI is InChI=1S/C13H15N3O2/c1-15-12(17)13(8-2-3-9-16-13)18-11-6-4-10(14)5-7-11/h2-9,16H,14H2,1H3,(H,15,17). The van der Waals surface area contributed by atoms with Gasteiger partial charge < -0.3 is 21.1 Å². The first-order chi connectivity index (χ1) is 8.66. The number of nitrogen functional groups attached to an aromatic ring is 1. The number of rotatable bonds is 3. The van der Waals surface area contributed by atoms with Crippen molar-refractivity contribution in [3.8, 4) is 5.75 Å². The predicted molar refractivity (Wildman–Crippen MR) is 69.7 cm³/mol. The molecule has 0 fully saturated rings. The number of allylic oxidation sites excluding steroid dienone is 2. The molecule has 1 amide bonds. The van der Waals surface area contributed by atoms with Gasteiger partial charge in [0.1, 0.15) is 5.75 Å². The van der Waals surface area contributed by atoms with Gasteiger partial charge in [-0.3, -0.25) is 4.79 Å². The zero-order valence-electron chi connectivity index (χ0n) is 10.0. The maximum absolute atomic E-state index is 12.0. The molecule has 0 saturated heterocycles. The summed E-state index contributed by atoms with van der Waals surface area (Å²) >= 11 is 0. The average Bonchev–Trinajstić information content (AvgIpc) is 2.41. The van der Waals surface area contributed by atoms with Gasteiger partial charge in [0.2, 0.25) is 0 Å². The van der Waals surface area contributed by atoms with Crippen LogP contribution < -0.4 is 21.1 Å². The van der Waals surface area contributed by atoms with Gasteiger partial charge in [-0.2, -0.15) is 0 Å². The second kappa shape index (κ2) is 4.83. The highest BCUT2D eigenvalue weighted by atomic mass is 16.5. The quantitative estimate of drug-likeness (QED) is 0.687. The lowest BCUT2D eigenvalue weighted by atomic mass is 10.1. The van der Waals surface area contributed by atoms with E-state index in [9.17, 15) is 4.79 Å². The Morgan fingerprint density at radius 3 is 2.61 bits per heavy atom. The van der Waals surface area contributed by atoms with Crippen LogP contribution in [0.25, 0.3) is 0 Å². The van der Waals surface area contributed by atoms with Crippen LogP contribution in [0.1, 0.15) is 0 Å². The van der Waals surface area contributed by atoms with Crippen molar-refractivity contribution in [1.29, 1.82) is 0 Å². The predicted octanol–water partition coefficient (Wildman–Crippen LogP) is 0.763. The lowest BCUT2D eigenvalue weighted by Gasteiger charge is -2.31. The van der Waals surface area contributed by atoms with Crippen molar-refractivity contribution >= 4 is 11.6 Å². The van der Waals surface area contributed by atoms with Crippen LogP contribution in [0.2, 0.25) is 0 Å². The molecule has 0 bridgehead atoms. The molecule has 1 heterocycles. The zero-order chi connectivity index (χ0) is 13.0. The molecule has 2 rings (SSSR count). The summed E-state index contributed by atoms with van der Waals surface area (Å²) in [5.41, 5.74) is 5.02. The molecular formula is C13H15N3O2. The van der Waals surface area contributed by atoms with Gasteiger partial charge in [0.05, 0.1) is 0 Å². The first-order valence-corrected chi connectivity index (χ1v) is 5.55. The topological polar surface area (TPSA) is 76.4 Å². The van der Waals surface area contributed by atoms with Gasteiger partial charge in [0.25, 0.3) is 11.6 Å². The minimum atomic E-state index is -1.22. The van der Waals surface area contributed by atoms with Crippen molar-refractivity contribution in [2.45, 2.75) is 5.72 Å². The molecule has 1 aromatic rings. The molecule has 0 aromatic heterocycles. The summed E-state index contributed by atoms with van der Waals surface area (Å²) in [6, 6.07) is 6.87. The summed E-state index contributed by atoms with van der Waals surface area (Å²) in [7, 11) is 1.56. The molecular weight excluding hydrogens is 230 g/mol. The number of hydrogen-bond acceptors (Lipinski definition) is 4. The Morgan fingerprint density at radius 2 is 2.06 bits per heavy atom. The Labute approximate surface area is 105 Å². The Balaban J connectivity index is 2.26. The molecule has 1 aliphatic rings. The van der Waals surface area contributed by atoms with Crippen LogP contribution in [0, 0.1) is 0 Å². The number of benzene rings is 1. The number of likely N-dealkylation sites (N-methyl/N-ethyl adjacent to an activating group) is 1. The molecule has 5 heteroatoms. The van der Waals surface area contributed by atoms with Gasteiger partial charge in [-0.25, -0.2) is 0 Å². The smallest absolute Gasteiger partial charge is 0.289 e. The number of nitrogens with one attached hydrogen (secondary N) is 2. The molecule has 0 spiro atoms. The fourth-order valence-electron chi connectivity index (χ4n) is 1.63. The van der Waals surface area contributed by atoms with E-state index in [0.29, 0.717) is 11.4 Å². The van der Waals surface area contributed by atoms with Gasteiger partial charge in [0.15, 0.2) is 0 Å². The fourth-order valence-corrected chi connectivity index (χ4v) is 1.63. The normalized spacial score (nSPS) is 21.2. The highest BCUT2D eigenvalue weighted by Crippen LogP contribution is 2.21. The van der Waals surface area contributed by atoms with E-state index in [2.05, 4.69) is 10.6 Å². The first kappa shape index (κ1) is 12.0. The largest absolute Gasteiger partial charge is 0.455 e. The SMILES string of the molecule is CNC(=O)C1(Oc2ccc(N)cc2)C=CC=CN1. The van der Waals surface area contributed by atoms with Gasteiger partial charge in [0, 0.05) is 18.9 Å². The summed E-state index contributed by atoms with van der Waals surface area (Å²) in [5.74, 6) is 0.278. The maximum Gasteiger partial charge on any atom is 0.289 e. The third kappa shape index (κ3) is 2.29. The third-order valence-electron chi connectivity index (χ3n) is 2.56. The van der Waals surface area contributed by atoms with E-state index < -0.39 is 5.72 Å². The second-order valence-corrected chi connectivity index (χ2v) is 3.85. The average molecular weight is 245 g/mol. The Morgan fingerprint density at radius 1 is 1.33 bits per heavy atom. The molecule has 94 valence electrons. The van der Waals surface area contributed by atoms with E-state index in [0.717, 1.165) is 0 Å². The van der Waals surface area contributed by atoms with E-state index in [1.165, 1.54) is 0 Å². The van der Waals surface area contributed by atoms with Gasteiger partial charge in [-0.15, -0.1) is 0 Å². The van der Waals surface area contributed by atoms with Crippen molar-refractivity contribution < 1.29 is 9.53 Å². The number of carbonyl (C=O) groups excluding carboxylic acids is 1. The molecule has 1 aliphatic heterocycles. The van der Waals surface area contributed by atoms with Crippen LogP contribution in [-0.2, 0) is 4.79 Å². The lowest BCUT2D eigenvalue weighted by molar-refractivity contribution is -0.134. The fraction of sp³-hybridized carbons (Fsp3) is 0.154. The van der Waals surface area contributed by atoms with Crippen LogP contribution >= 0.6 is 0 Å². The molecule has 5 nitrogen and oxygen atoms in total. The molecule has 1 aromatic carbocycles. The van der Waals surface area contributed by atoms with Crippen molar-refractivity contribution in [2.24, 2.45) is 0 Å². The monoisotopic (exact) mass is 245 g/mol. The summed E-state index contributed by atoms with van der Waals surface area (Å²) in [4.78, 5) is 12.0. The van der Waals surface area contributed by atoms with Crippen LogP contribution in [0.5, 0.6) is 5.75 Å². The van der Waals surface area contributed by atoms with E-state index in [4.69, 9.17) is 10.5 Å². The summed E-state index contributed by atoms with van der Waals surface area (Å²) in [6.07, 6.45) is 6.85. The summed E-state index contributed by atoms with van der Waals surface area (Å²) in [5, 5.41) is 5.48. The minimum Gasteiger partial charge on any atom is -0.455 e. The van der Waals surface area contributed by atoms with Crippen molar-refractivity contribution in [3.05, 3.63) is 48.7 Å². The van der Waals surface area contributed by atoms with Crippen LogP contribution in [-0.4, -0.2) is 18.7 Å². The number of carbonyl (C=O) groups is 1. The van der Waals surface area contributed by atoms with Crippen LogP contribution in [0.4, 0.5) is 5.69 Å². The van der Waals surface area contributed by atoms with Gasteiger partial charge in [-0.05, 0) is 36.4 Å². The van der Waals surface area contributed by atoms with Crippen molar-refractivity contribution in [2.75, 3.05) is 12.8 Å². The van der Waals surface area contributed by atoms with E-state index in [1.54, 1.807) is 55.7 Å². The van der Waals surface area contributed by atoms with E-state index >= 15 is 0 Å². The number of nitrogens with two attached hydrogens (primary N) is 1. The highest BCUT2D eigenvalue weighted by Gasteiger charge is 2.37. The minimum absolute atomic E-state index is 0.278.